The molecule has 2 aliphatic rings. The number of amides is 1. The lowest BCUT2D eigenvalue weighted by Crippen LogP contribution is -2.44. The molecule has 0 saturated carbocycles. The van der Waals surface area contributed by atoms with Crippen molar-refractivity contribution < 1.29 is 19.0 Å². The van der Waals surface area contributed by atoms with Crippen LogP contribution in [0.25, 0.3) is 0 Å². The molecular weight excluding hydrogens is 356 g/mol. The van der Waals surface area contributed by atoms with Crippen molar-refractivity contribution in [1.82, 2.24) is 10.3 Å². The number of pyridine rings is 1. The Labute approximate surface area is 156 Å². The van der Waals surface area contributed by atoms with Gasteiger partial charge in [0.05, 0.1) is 0 Å². The molecule has 1 amide bonds. The molecule has 1 fully saturated rings. The second-order valence-corrected chi connectivity index (χ2v) is 6.90. The van der Waals surface area contributed by atoms with Crippen LogP contribution in [0.3, 0.4) is 0 Å². The Morgan fingerprint density at radius 3 is 2.77 bits per heavy atom. The van der Waals surface area contributed by atoms with E-state index in [1.807, 2.05) is 18.2 Å². The van der Waals surface area contributed by atoms with E-state index in [-0.39, 0.29) is 18.1 Å². The maximum Gasteiger partial charge on any atom is 0.251 e. The normalized spacial score (nSPS) is 17.7. The minimum Gasteiger partial charge on any atom is -0.454 e. The SMILES string of the molecule is O=C(NCC1(c2ccc3c(c2)OCO3)CCOCC1)c1ccnc(Cl)c1. The number of ether oxygens (including phenoxy) is 3. The number of nitrogens with zero attached hydrogens (tertiary/aromatic N) is 1. The van der Waals surface area contributed by atoms with Crippen LogP contribution >= 0.6 is 11.6 Å². The summed E-state index contributed by atoms with van der Waals surface area (Å²) in [6.07, 6.45) is 3.17. The molecule has 0 unspecified atom stereocenters. The average Bonchev–Trinajstić information content (AvgIpc) is 3.15. The summed E-state index contributed by atoms with van der Waals surface area (Å²) in [5.74, 6) is 1.34. The summed E-state index contributed by atoms with van der Waals surface area (Å²) in [5, 5.41) is 3.35. The summed E-state index contributed by atoms with van der Waals surface area (Å²) >= 11 is 5.88. The molecule has 0 aliphatic carbocycles. The van der Waals surface area contributed by atoms with Crippen LogP contribution in [0.4, 0.5) is 0 Å². The highest BCUT2D eigenvalue weighted by Crippen LogP contribution is 2.40. The predicted octanol–water partition coefficient (Wildman–Crippen LogP) is 2.94. The standard InChI is InChI=1S/C19H19ClN2O4/c20-17-9-13(3-6-21-17)18(23)22-11-19(4-7-24-8-5-19)14-1-2-15-16(10-14)26-12-25-15/h1-3,6,9-10H,4-5,7-8,11-12H2,(H,22,23). The maximum absolute atomic E-state index is 12.5. The van der Waals surface area contributed by atoms with Crippen LogP contribution in [0.1, 0.15) is 28.8 Å². The van der Waals surface area contributed by atoms with E-state index in [9.17, 15) is 4.79 Å². The van der Waals surface area contributed by atoms with Crippen molar-refractivity contribution in [3.8, 4) is 11.5 Å². The Morgan fingerprint density at radius 2 is 1.96 bits per heavy atom. The van der Waals surface area contributed by atoms with E-state index in [1.165, 1.54) is 6.20 Å². The monoisotopic (exact) mass is 374 g/mol. The summed E-state index contributed by atoms with van der Waals surface area (Å²) in [5.41, 5.74) is 1.42. The van der Waals surface area contributed by atoms with E-state index < -0.39 is 0 Å². The van der Waals surface area contributed by atoms with Crippen molar-refractivity contribution in [3.05, 3.63) is 52.8 Å². The molecule has 0 atom stereocenters. The summed E-state index contributed by atoms with van der Waals surface area (Å²) in [4.78, 5) is 16.4. The minimum atomic E-state index is -0.203. The molecule has 0 bridgehead atoms. The van der Waals surface area contributed by atoms with Crippen LogP contribution in [0, 0.1) is 0 Å². The zero-order chi connectivity index (χ0) is 18.0. The Balaban J connectivity index is 1.56. The first-order valence-corrected chi connectivity index (χ1v) is 8.92. The van der Waals surface area contributed by atoms with Crippen LogP contribution in [-0.2, 0) is 10.2 Å². The second kappa shape index (κ2) is 7.13. The number of carbonyl (C=O) groups excluding carboxylic acids is 1. The Morgan fingerprint density at radius 1 is 1.15 bits per heavy atom. The van der Waals surface area contributed by atoms with E-state index >= 15 is 0 Å². The van der Waals surface area contributed by atoms with E-state index in [0.29, 0.717) is 30.5 Å². The fourth-order valence-corrected chi connectivity index (χ4v) is 3.63. The van der Waals surface area contributed by atoms with E-state index in [0.717, 1.165) is 29.9 Å². The molecule has 2 aromatic rings. The predicted molar refractivity (Wildman–Crippen MR) is 95.9 cm³/mol. The third kappa shape index (κ3) is 3.34. The highest BCUT2D eigenvalue weighted by atomic mass is 35.5. The van der Waals surface area contributed by atoms with Crippen molar-refractivity contribution in [2.45, 2.75) is 18.3 Å². The van der Waals surface area contributed by atoms with Crippen molar-refractivity contribution in [2.75, 3.05) is 26.6 Å². The zero-order valence-electron chi connectivity index (χ0n) is 14.2. The lowest BCUT2D eigenvalue weighted by atomic mass is 9.74. The summed E-state index contributed by atoms with van der Waals surface area (Å²) in [6.45, 7) is 2.07. The first-order valence-electron chi connectivity index (χ1n) is 8.54. The number of fused-ring (bicyclic) bond motifs is 1. The third-order valence-electron chi connectivity index (χ3n) is 5.01. The number of hydrogen-bond donors (Lipinski definition) is 1. The first kappa shape index (κ1) is 17.1. The van der Waals surface area contributed by atoms with Gasteiger partial charge in [-0.15, -0.1) is 0 Å². The zero-order valence-corrected chi connectivity index (χ0v) is 14.9. The summed E-state index contributed by atoms with van der Waals surface area (Å²) in [6, 6.07) is 9.21. The van der Waals surface area contributed by atoms with Crippen molar-refractivity contribution in [2.24, 2.45) is 0 Å². The minimum absolute atomic E-state index is 0.166. The number of carbonyl (C=O) groups is 1. The number of aromatic nitrogens is 1. The summed E-state index contributed by atoms with van der Waals surface area (Å²) in [7, 11) is 0. The first-order chi connectivity index (χ1) is 12.7. The van der Waals surface area contributed by atoms with Crippen LogP contribution in [0.2, 0.25) is 5.15 Å². The molecule has 3 heterocycles. The second-order valence-electron chi connectivity index (χ2n) is 6.51. The van der Waals surface area contributed by atoms with Crippen LogP contribution in [0.5, 0.6) is 11.5 Å². The smallest absolute Gasteiger partial charge is 0.251 e. The van der Waals surface area contributed by atoms with Gasteiger partial charge < -0.3 is 19.5 Å². The van der Waals surface area contributed by atoms with Crippen LogP contribution < -0.4 is 14.8 Å². The fourth-order valence-electron chi connectivity index (χ4n) is 3.45. The van der Waals surface area contributed by atoms with Gasteiger partial charge >= 0.3 is 0 Å². The quantitative estimate of drug-likeness (QED) is 0.833. The molecule has 1 aromatic heterocycles. The van der Waals surface area contributed by atoms with Crippen molar-refractivity contribution in [3.63, 3.8) is 0 Å². The molecule has 26 heavy (non-hydrogen) atoms. The molecule has 2 aliphatic heterocycles. The average molecular weight is 375 g/mol. The van der Waals surface area contributed by atoms with Gasteiger partial charge in [-0.1, -0.05) is 17.7 Å². The maximum atomic E-state index is 12.5. The molecule has 0 spiro atoms. The number of nitrogens with one attached hydrogen (secondary N) is 1. The Hall–Kier alpha value is -2.31. The van der Waals surface area contributed by atoms with Gasteiger partial charge in [0.15, 0.2) is 11.5 Å². The molecule has 136 valence electrons. The summed E-state index contributed by atoms with van der Waals surface area (Å²) < 4.78 is 16.5. The van der Waals surface area contributed by atoms with Crippen molar-refractivity contribution in [1.29, 1.82) is 0 Å². The molecule has 1 N–H and O–H groups in total. The molecule has 7 heteroatoms. The van der Waals surface area contributed by atoms with Crippen LogP contribution in [-0.4, -0.2) is 37.4 Å². The molecular formula is C19H19ClN2O4. The molecule has 4 rings (SSSR count). The van der Waals surface area contributed by atoms with Gasteiger partial charge in [-0.25, -0.2) is 4.98 Å². The number of halogens is 1. The van der Waals surface area contributed by atoms with Gasteiger partial charge in [-0.3, -0.25) is 4.79 Å². The highest BCUT2D eigenvalue weighted by Gasteiger charge is 2.36. The fraction of sp³-hybridized carbons (Fsp3) is 0.368. The van der Waals surface area contributed by atoms with E-state index in [4.69, 9.17) is 25.8 Å². The Kier molecular flexibility index (Phi) is 4.70. The molecule has 0 radical (unpaired) electrons. The van der Waals surface area contributed by atoms with Gasteiger partial charge in [0.2, 0.25) is 6.79 Å². The van der Waals surface area contributed by atoms with Gasteiger partial charge in [0.25, 0.3) is 5.91 Å². The van der Waals surface area contributed by atoms with E-state index in [2.05, 4.69) is 10.3 Å². The van der Waals surface area contributed by atoms with Crippen LogP contribution in [0.15, 0.2) is 36.5 Å². The Bertz CT molecular complexity index is 821. The third-order valence-corrected chi connectivity index (χ3v) is 5.22. The van der Waals surface area contributed by atoms with Crippen molar-refractivity contribution >= 4 is 17.5 Å². The van der Waals surface area contributed by atoms with Gasteiger partial charge in [-0.2, -0.15) is 0 Å². The van der Waals surface area contributed by atoms with Gasteiger partial charge in [0, 0.05) is 36.9 Å². The molecule has 6 nitrogen and oxygen atoms in total. The highest BCUT2D eigenvalue weighted by molar-refractivity contribution is 6.29. The molecule has 1 saturated heterocycles. The topological polar surface area (TPSA) is 69.7 Å². The van der Waals surface area contributed by atoms with E-state index in [1.54, 1.807) is 12.1 Å². The van der Waals surface area contributed by atoms with Gasteiger partial charge in [0.1, 0.15) is 5.15 Å². The van der Waals surface area contributed by atoms with Gasteiger partial charge in [-0.05, 0) is 42.7 Å². The number of hydrogen-bond acceptors (Lipinski definition) is 5. The number of benzene rings is 1. The largest absolute Gasteiger partial charge is 0.454 e. The number of rotatable bonds is 4. The molecule has 1 aromatic carbocycles. The lowest BCUT2D eigenvalue weighted by Gasteiger charge is -2.38. The lowest BCUT2D eigenvalue weighted by molar-refractivity contribution is 0.0486.